The zero-order valence-corrected chi connectivity index (χ0v) is 16.6. The molecule has 0 radical (unpaired) electrons. The predicted molar refractivity (Wildman–Crippen MR) is 109 cm³/mol. The van der Waals surface area contributed by atoms with E-state index in [4.69, 9.17) is 0 Å². The molecule has 1 N–H and O–H groups in total. The second kappa shape index (κ2) is 7.84. The van der Waals surface area contributed by atoms with Crippen molar-refractivity contribution in [2.24, 2.45) is 0 Å². The summed E-state index contributed by atoms with van der Waals surface area (Å²) in [5.74, 6) is -0.431. The van der Waals surface area contributed by atoms with Crippen LogP contribution in [0.3, 0.4) is 0 Å². The Morgan fingerprint density at radius 3 is 2.81 bits per heavy atom. The van der Waals surface area contributed by atoms with Gasteiger partial charge < -0.3 is 4.98 Å². The van der Waals surface area contributed by atoms with Gasteiger partial charge in [0, 0.05) is 40.6 Å². The van der Waals surface area contributed by atoms with E-state index in [0.717, 1.165) is 48.9 Å². The quantitative estimate of drug-likeness (QED) is 0.584. The Morgan fingerprint density at radius 1 is 1.22 bits per heavy atom. The summed E-state index contributed by atoms with van der Waals surface area (Å²) < 4.78 is 14.2. The monoisotopic (exact) mass is 425 g/mol. The fourth-order valence-electron chi connectivity index (χ4n) is 3.95. The van der Waals surface area contributed by atoms with Crippen LogP contribution in [0.25, 0.3) is 10.9 Å². The summed E-state index contributed by atoms with van der Waals surface area (Å²) in [6, 6.07) is 15.1. The van der Waals surface area contributed by atoms with Gasteiger partial charge in [0.05, 0.1) is 12.0 Å². The van der Waals surface area contributed by atoms with Crippen molar-refractivity contribution in [3.63, 3.8) is 0 Å². The maximum absolute atomic E-state index is 13.1. The number of nitrogens with one attached hydrogen (secondary N) is 1. The Balaban J connectivity index is 1.39. The topological polar surface area (TPSA) is 42.8 Å². The molecular weight excluding hydrogens is 405 g/mol. The van der Waals surface area contributed by atoms with Crippen molar-refractivity contribution in [3.8, 4) is 6.07 Å². The number of hydrogen-bond acceptors (Lipinski definition) is 2. The van der Waals surface area contributed by atoms with Crippen molar-refractivity contribution in [1.29, 1.82) is 5.26 Å². The summed E-state index contributed by atoms with van der Waals surface area (Å²) in [7, 11) is 0. The average molecular weight is 426 g/mol. The molecule has 0 saturated heterocycles. The molecule has 27 heavy (non-hydrogen) atoms. The van der Waals surface area contributed by atoms with Gasteiger partial charge in [-0.15, -0.1) is 0 Å². The minimum absolute atomic E-state index is 0.171. The van der Waals surface area contributed by atoms with Crippen LogP contribution in [0.4, 0.5) is 4.39 Å². The molecule has 138 valence electrons. The molecule has 2 heterocycles. The van der Waals surface area contributed by atoms with Crippen LogP contribution in [-0.2, 0) is 13.0 Å². The highest BCUT2D eigenvalue weighted by Gasteiger charge is 2.21. The van der Waals surface area contributed by atoms with E-state index in [2.05, 4.69) is 50.1 Å². The average Bonchev–Trinajstić information content (AvgIpc) is 3.03. The number of H-pyrrole nitrogens is 1. The molecule has 0 saturated carbocycles. The number of aromatic nitrogens is 1. The molecule has 0 amide bonds. The maximum Gasteiger partial charge on any atom is 0.123 e. The van der Waals surface area contributed by atoms with Crippen LogP contribution in [0.1, 0.15) is 35.6 Å². The number of rotatable bonds is 5. The third kappa shape index (κ3) is 3.92. The van der Waals surface area contributed by atoms with Crippen LogP contribution in [-0.4, -0.2) is 23.0 Å². The van der Waals surface area contributed by atoms with E-state index >= 15 is 0 Å². The molecule has 1 aliphatic heterocycles. The lowest BCUT2D eigenvalue weighted by Gasteiger charge is -2.27. The Kier molecular flexibility index (Phi) is 5.29. The van der Waals surface area contributed by atoms with Gasteiger partial charge in [0.2, 0.25) is 0 Å². The van der Waals surface area contributed by atoms with Crippen LogP contribution in [0, 0.1) is 17.1 Å². The number of halogens is 2. The summed E-state index contributed by atoms with van der Waals surface area (Å²) in [6.07, 6.45) is 2.78. The van der Waals surface area contributed by atoms with E-state index in [-0.39, 0.29) is 11.7 Å². The summed E-state index contributed by atoms with van der Waals surface area (Å²) in [5.41, 5.74) is 4.85. The van der Waals surface area contributed by atoms with Crippen molar-refractivity contribution in [3.05, 3.63) is 69.6 Å². The highest BCUT2D eigenvalue weighted by molar-refractivity contribution is 9.10. The minimum Gasteiger partial charge on any atom is -0.358 e. The number of nitrogens with zero attached hydrogens (tertiary/aromatic N) is 2. The first-order valence-electron chi connectivity index (χ1n) is 9.30. The number of hydrogen-bond donors (Lipinski definition) is 1. The fraction of sp³-hybridized carbons (Fsp3) is 0.318. The van der Waals surface area contributed by atoms with Gasteiger partial charge in [-0.3, -0.25) is 4.90 Å². The highest BCUT2D eigenvalue weighted by Crippen LogP contribution is 2.30. The summed E-state index contributed by atoms with van der Waals surface area (Å²) >= 11 is 3.57. The minimum atomic E-state index is -0.259. The molecule has 0 aliphatic carbocycles. The molecular formula is C22H21BrFN3. The molecule has 1 unspecified atom stereocenters. The molecule has 5 heteroatoms. The first kappa shape index (κ1) is 18.2. The first-order chi connectivity index (χ1) is 13.1. The van der Waals surface area contributed by atoms with Gasteiger partial charge in [-0.1, -0.05) is 28.1 Å². The van der Waals surface area contributed by atoms with Crippen molar-refractivity contribution >= 4 is 26.8 Å². The van der Waals surface area contributed by atoms with Crippen LogP contribution in [0.15, 0.2) is 46.9 Å². The van der Waals surface area contributed by atoms with Gasteiger partial charge in [0.1, 0.15) is 5.82 Å². The Hall–Kier alpha value is -2.16. The highest BCUT2D eigenvalue weighted by atomic mass is 79.9. The SMILES string of the molecule is N#CC(CCCN1CCc2[nH]c3ccc(Br)cc3c2C1)c1ccc(F)cc1. The normalized spacial score (nSPS) is 15.4. The number of benzene rings is 2. The zero-order chi connectivity index (χ0) is 18.8. The van der Waals surface area contributed by atoms with Crippen molar-refractivity contribution in [1.82, 2.24) is 9.88 Å². The Morgan fingerprint density at radius 2 is 2.04 bits per heavy atom. The van der Waals surface area contributed by atoms with Crippen molar-refractivity contribution in [2.75, 3.05) is 13.1 Å². The Bertz CT molecular complexity index is 987. The fourth-order valence-corrected chi connectivity index (χ4v) is 4.31. The molecule has 2 aromatic carbocycles. The third-order valence-corrected chi connectivity index (χ3v) is 5.90. The number of aromatic amines is 1. The van der Waals surface area contributed by atoms with Crippen LogP contribution in [0.2, 0.25) is 0 Å². The van der Waals surface area contributed by atoms with Gasteiger partial charge in [-0.05, 0) is 60.8 Å². The number of nitriles is 1. The standard InChI is InChI=1S/C22H21BrFN3/c23-17-5-8-21-19(12-17)20-14-27(11-9-22(20)26-21)10-1-2-16(13-25)15-3-6-18(24)7-4-15/h3-8,12,16,26H,1-2,9-11,14H2. The van der Waals surface area contributed by atoms with Gasteiger partial charge in [0.15, 0.2) is 0 Å². The second-order valence-electron chi connectivity index (χ2n) is 7.17. The maximum atomic E-state index is 13.1. The van der Waals surface area contributed by atoms with E-state index in [1.165, 1.54) is 34.3 Å². The van der Waals surface area contributed by atoms with Crippen molar-refractivity contribution in [2.45, 2.75) is 31.7 Å². The first-order valence-corrected chi connectivity index (χ1v) is 10.1. The molecule has 3 nitrogen and oxygen atoms in total. The smallest absolute Gasteiger partial charge is 0.123 e. The lowest BCUT2D eigenvalue weighted by atomic mass is 9.95. The molecule has 0 fully saturated rings. The lowest BCUT2D eigenvalue weighted by Crippen LogP contribution is -2.31. The van der Waals surface area contributed by atoms with Gasteiger partial charge in [0.25, 0.3) is 0 Å². The van der Waals surface area contributed by atoms with E-state index in [1.807, 2.05) is 0 Å². The van der Waals surface area contributed by atoms with E-state index in [1.54, 1.807) is 12.1 Å². The largest absolute Gasteiger partial charge is 0.358 e. The summed E-state index contributed by atoms with van der Waals surface area (Å²) in [6.45, 7) is 2.95. The van der Waals surface area contributed by atoms with Gasteiger partial charge in [-0.25, -0.2) is 4.39 Å². The lowest BCUT2D eigenvalue weighted by molar-refractivity contribution is 0.248. The molecule has 1 aromatic heterocycles. The van der Waals surface area contributed by atoms with Crippen LogP contribution >= 0.6 is 15.9 Å². The van der Waals surface area contributed by atoms with Crippen LogP contribution in [0.5, 0.6) is 0 Å². The van der Waals surface area contributed by atoms with Crippen molar-refractivity contribution < 1.29 is 4.39 Å². The summed E-state index contributed by atoms with van der Waals surface area (Å²) in [5, 5.41) is 10.8. The number of fused-ring (bicyclic) bond motifs is 3. The van der Waals surface area contributed by atoms with Gasteiger partial charge >= 0.3 is 0 Å². The third-order valence-electron chi connectivity index (χ3n) is 5.41. The molecule has 3 aromatic rings. The molecule has 1 atom stereocenters. The Labute approximate surface area is 166 Å². The second-order valence-corrected chi connectivity index (χ2v) is 8.09. The molecule has 0 bridgehead atoms. The molecule has 0 spiro atoms. The van der Waals surface area contributed by atoms with Crippen LogP contribution < -0.4 is 0 Å². The molecule has 4 rings (SSSR count). The predicted octanol–water partition coefficient (Wildman–Crippen LogP) is 5.52. The van der Waals surface area contributed by atoms with Gasteiger partial charge in [-0.2, -0.15) is 5.26 Å². The van der Waals surface area contributed by atoms with E-state index in [9.17, 15) is 9.65 Å². The zero-order valence-electron chi connectivity index (χ0n) is 15.0. The molecule has 1 aliphatic rings. The summed E-state index contributed by atoms with van der Waals surface area (Å²) in [4.78, 5) is 6.02. The van der Waals surface area contributed by atoms with E-state index in [0.29, 0.717) is 0 Å². The van der Waals surface area contributed by atoms with E-state index < -0.39 is 0 Å².